The summed E-state index contributed by atoms with van der Waals surface area (Å²) in [6, 6.07) is 10.3. The van der Waals surface area contributed by atoms with E-state index in [1.807, 2.05) is 24.3 Å². The number of halogens is 1. The number of amides is 1. The molecule has 0 saturated carbocycles. The second-order valence-corrected chi connectivity index (χ2v) is 7.34. The van der Waals surface area contributed by atoms with Gasteiger partial charge in [0.25, 0.3) is 11.6 Å². The third-order valence-electron chi connectivity index (χ3n) is 4.99. The molecular weight excluding hydrogens is 410 g/mol. The molecule has 8 nitrogen and oxygen atoms in total. The lowest BCUT2D eigenvalue weighted by atomic mass is 10.1. The van der Waals surface area contributed by atoms with E-state index in [1.54, 1.807) is 11.8 Å². The first kappa shape index (κ1) is 21.9. The first-order chi connectivity index (χ1) is 14.4. The molecule has 3 rings (SSSR count). The lowest BCUT2D eigenvalue weighted by Gasteiger charge is -2.34. The topological polar surface area (TPSA) is 85.1 Å². The Morgan fingerprint density at radius 1 is 1.13 bits per heavy atom. The van der Waals surface area contributed by atoms with Crippen molar-refractivity contribution in [3.63, 3.8) is 0 Å². The first-order valence-corrected chi connectivity index (χ1v) is 10.1. The Kier molecular flexibility index (Phi) is 7.12. The lowest BCUT2D eigenvalue weighted by molar-refractivity contribution is -0.385. The third-order valence-corrected chi connectivity index (χ3v) is 5.24. The number of hydrogen-bond donors (Lipinski definition) is 0. The molecule has 0 unspecified atom stereocenters. The minimum Gasteiger partial charge on any atom is -0.493 e. The molecule has 1 fully saturated rings. The van der Waals surface area contributed by atoms with Gasteiger partial charge in [0.05, 0.1) is 24.7 Å². The minimum absolute atomic E-state index is 0.00598. The summed E-state index contributed by atoms with van der Waals surface area (Å²) in [7, 11) is 1.44. The Bertz CT molecular complexity index is 912. The SMILES string of the molecule is CCOc1cc([N+](=O)[O-])c(C(=O)N2CCN(Cc3ccc(Cl)cc3)CC2)cc1OC. The summed E-state index contributed by atoms with van der Waals surface area (Å²) in [6.07, 6.45) is 0. The average molecular weight is 434 g/mol. The fourth-order valence-electron chi connectivity index (χ4n) is 3.43. The van der Waals surface area contributed by atoms with Crippen LogP contribution >= 0.6 is 11.6 Å². The number of nitro groups is 1. The monoisotopic (exact) mass is 433 g/mol. The van der Waals surface area contributed by atoms with Gasteiger partial charge in [-0.3, -0.25) is 19.8 Å². The second-order valence-electron chi connectivity index (χ2n) is 6.91. The van der Waals surface area contributed by atoms with Crippen molar-refractivity contribution in [1.82, 2.24) is 9.80 Å². The smallest absolute Gasteiger partial charge is 0.286 e. The second kappa shape index (κ2) is 9.77. The van der Waals surface area contributed by atoms with Gasteiger partial charge < -0.3 is 14.4 Å². The van der Waals surface area contributed by atoms with Crippen LogP contribution in [0.4, 0.5) is 5.69 Å². The fraction of sp³-hybridized carbons (Fsp3) is 0.381. The molecule has 30 heavy (non-hydrogen) atoms. The normalized spacial score (nSPS) is 14.4. The molecule has 2 aromatic carbocycles. The Balaban J connectivity index is 1.72. The zero-order chi connectivity index (χ0) is 21.7. The van der Waals surface area contributed by atoms with Crippen molar-refractivity contribution >= 4 is 23.2 Å². The highest BCUT2D eigenvalue weighted by molar-refractivity contribution is 6.30. The van der Waals surface area contributed by atoms with Gasteiger partial charge >= 0.3 is 0 Å². The lowest BCUT2D eigenvalue weighted by Crippen LogP contribution is -2.48. The predicted octanol–water partition coefficient (Wildman–Crippen LogP) is 3.61. The number of hydrogen-bond acceptors (Lipinski definition) is 6. The van der Waals surface area contributed by atoms with E-state index in [9.17, 15) is 14.9 Å². The Hall–Kier alpha value is -2.84. The molecule has 0 aromatic heterocycles. The van der Waals surface area contributed by atoms with Crippen LogP contribution in [0.2, 0.25) is 5.02 Å². The fourth-order valence-corrected chi connectivity index (χ4v) is 3.55. The largest absolute Gasteiger partial charge is 0.493 e. The van der Waals surface area contributed by atoms with Crippen LogP contribution in [0.15, 0.2) is 36.4 Å². The van der Waals surface area contributed by atoms with Gasteiger partial charge in [-0.25, -0.2) is 0 Å². The van der Waals surface area contributed by atoms with Crippen molar-refractivity contribution in [2.45, 2.75) is 13.5 Å². The van der Waals surface area contributed by atoms with Crippen molar-refractivity contribution in [3.8, 4) is 11.5 Å². The molecule has 9 heteroatoms. The minimum atomic E-state index is -0.564. The van der Waals surface area contributed by atoms with Crippen molar-refractivity contribution in [1.29, 1.82) is 0 Å². The van der Waals surface area contributed by atoms with Gasteiger partial charge in [-0.2, -0.15) is 0 Å². The van der Waals surface area contributed by atoms with Crippen molar-refractivity contribution < 1.29 is 19.2 Å². The predicted molar refractivity (Wildman–Crippen MR) is 113 cm³/mol. The highest BCUT2D eigenvalue weighted by Crippen LogP contribution is 2.35. The molecule has 1 aliphatic rings. The molecule has 1 amide bonds. The highest BCUT2D eigenvalue weighted by Gasteiger charge is 2.30. The summed E-state index contributed by atoms with van der Waals surface area (Å²) in [5.74, 6) is 0.164. The number of nitro benzene ring substituents is 1. The Labute approximate surface area is 180 Å². The van der Waals surface area contributed by atoms with E-state index in [2.05, 4.69) is 4.90 Å². The number of piperazine rings is 1. The number of carbonyl (C=O) groups is 1. The van der Waals surface area contributed by atoms with Crippen LogP contribution in [0.25, 0.3) is 0 Å². The Morgan fingerprint density at radius 3 is 2.37 bits per heavy atom. The zero-order valence-corrected chi connectivity index (χ0v) is 17.7. The van der Waals surface area contributed by atoms with Gasteiger partial charge in [-0.05, 0) is 24.6 Å². The van der Waals surface area contributed by atoms with Crippen LogP contribution < -0.4 is 9.47 Å². The van der Waals surface area contributed by atoms with Gasteiger partial charge in [-0.15, -0.1) is 0 Å². The quantitative estimate of drug-likeness (QED) is 0.489. The van der Waals surface area contributed by atoms with Gasteiger partial charge in [0.2, 0.25) is 0 Å². The van der Waals surface area contributed by atoms with Crippen LogP contribution in [0.1, 0.15) is 22.8 Å². The summed E-state index contributed by atoms with van der Waals surface area (Å²) in [6.45, 7) is 5.19. The molecule has 0 N–H and O–H groups in total. The van der Waals surface area contributed by atoms with E-state index < -0.39 is 4.92 Å². The first-order valence-electron chi connectivity index (χ1n) is 9.68. The van der Waals surface area contributed by atoms with Crippen LogP contribution in [0.5, 0.6) is 11.5 Å². The van der Waals surface area contributed by atoms with Crippen LogP contribution in [0.3, 0.4) is 0 Å². The van der Waals surface area contributed by atoms with Crippen molar-refractivity contribution in [2.75, 3.05) is 39.9 Å². The van der Waals surface area contributed by atoms with E-state index >= 15 is 0 Å². The number of methoxy groups -OCH3 is 1. The number of rotatable bonds is 7. The molecule has 1 heterocycles. The summed E-state index contributed by atoms with van der Waals surface area (Å²) in [5, 5.41) is 12.3. The maximum atomic E-state index is 13.1. The van der Waals surface area contributed by atoms with E-state index in [0.717, 1.165) is 12.1 Å². The number of ether oxygens (including phenoxy) is 2. The average Bonchev–Trinajstić information content (AvgIpc) is 2.75. The molecular formula is C21H24ClN3O5. The maximum absolute atomic E-state index is 13.1. The van der Waals surface area contributed by atoms with Crippen molar-refractivity contribution in [2.24, 2.45) is 0 Å². The summed E-state index contributed by atoms with van der Waals surface area (Å²) in [5.41, 5.74) is 0.866. The molecule has 0 bridgehead atoms. The molecule has 1 saturated heterocycles. The number of nitrogens with zero attached hydrogens (tertiary/aromatic N) is 3. The maximum Gasteiger partial charge on any atom is 0.286 e. The van der Waals surface area contributed by atoms with E-state index in [4.69, 9.17) is 21.1 Å². The highest BCUT2D eigenvalue weighted by atomic mass is 35.5. The van der Waals surface area contributed by atoms with Gasteiger partial charge in [0, 0.05) is 43.8 Å². The standard InChI is InChI=1S/C21H24ClN3O5/c1-3-30-20-13-18(25(27)28)17(12-19(20)29-2)21(26)24-10-8-23(9-11-24)14-15-4-6-16(22)7-5-15/h4-7,12-13H,3,8-11,14H2,1-2H3. The van der Waals surface area contributed by atoms with Crippen LogP contribution in [-0.2, 0) is 6.54 Å². The molecule has 1 aliphatic heterocycles. The third kappa shape index (κ3) is 5.01. The molecule has 2 aromatic rings. The summed E-state index contributed by atoms with van der Waals surface area (Å²) >= 11 is 5.93. The van der Waals surface area contributed by atoms with Gasteiger partial charge in [0.15, 0.2) is 11.5 Å². The number of carbonyl (C=O) groups excluding carboxylic acids is 1. The number of benzene rings is 2. The molecule has 0 atom stereocenters. The molecule has 160 valence electrons. The summed E-state index contributed by atoms with van der Waals surface area (Å²) < 4.78 is 10.7. The van der Waals surface area contributed by atoms with Crippen LogP contribution in [-0.4, -0.2) is 60.5 Å². The van der Waals surface area contributed by atoms with Crippen molar-refractivity contribution in [3.05, 3.63) is 62.7 Å². The van der Waals surface area contributed by atoms with Crippen LogP contribution in [0, 0.1) is 10.1 Å². The van der Waals surface area contributed by atoms with E-state index in [-0.39, 0.29) is 22.9 Å². The Morgan fingerprint density at radius 2 is 1.80 bits per heavy atom. The van der Waals surface area contributed by atoms with E-state index in [1.165, 1.54) is 19.2 Å². The zero-order valence-electron chi connectivity index (χ0n) is 17.0. The molecule has 0 radical (unpaired) electrons. The van der Waals surface area contributed by atoms with Gasteiger partial charge in [-0.1, -0.05) is 23.7 Å². The van der Waals surface area contributed by atoms with Gasteiger partial charge in [0.1, 0.15) is 5.56 Å². The molecule has 0 aliphatic carbocycles. The summed E-state index contributed by atoms with van der Waals surface area (Å²) in [4.78, 5) is 27.9. The van der Waals surface area contributed by atoms with E-state index in [0.29, 0.717) is 43.6 Å². The molecule has 0 spiro atoms.